The van der Waals surface area contributed by atoms with E-state index in [2.05, 4.69) is 9.98 Å². The molecule has 0 saturated carbocycles. The Morgan fingerprint density at radius 1 is 1.19 bits per heavy atom. The molecule has 1 aromatic carbocycles. The molecule has 0 N–H and O–H groups in total. The number of hydrogen-bond donors (Lipinski definition) is 0. The number of rotatable bonds is 3. The van der Waals surface area contributed by atoms with E-state index in [1.807, 2.05) is 24.3 Å². The van der Waals surface area contributed by atoms with Gasteiger partial charge in [-0.1, -0.05) is 6.42 Å². The number of nitrogens with zero attached hydrogens (tertiary/aromatic N) is 2. The van der Waals surface area contributed by atoms with Crippen LogP contribution in [-0.4, -0.2) is 37.3 Å². The molecular weight excluding hydrogens is 268 g/mol. The quantitative estimate of drug-likeness (QED) is 0.801. The number of cyclic esters (lactones) is 1. The molecule has 0 aromatic heterocycles. The fourth-order valence-corrected chi connectivity index (χ4v) is 2.54. The number of ether oxygens (including phenoxy) is 2. The highest BCUT2D eigenvalue weighted by atomic mass is 16.6. The predicted octanol–water partition coefficient (Wildman–Crippen LogP) is 2.38. The molecule has 0 spiro atoms. The van der Waals surface area contributed by atoms with Gasteiger partial charge in [-0.3, -0.25) is 4.99 Å². The standard InChI is InChI=1S/C16H18N2O3/c1-20-12-8-6-11(7-9-12)15-18-14(16(19)21-15)13-5-3-2-4-10-17-13/h6-9,14H,2-5,10H2,1H3/t14-/m1/s1. The average Bonchev–Trinajstić information content (AvgIpc) is 2.74. The monoisotopic (exact) mass is 286 g/mol. The van der Waals surface area contributed by atoms with Crippen LogP contribution in [0, 0.1) is 0 Å². The van der Waals surface area contributed by atoms with E-state index in [0.29, 0.717) is 5.90 Å². The summed E-state index contributed by atoms with van der Waals surface area (Å²) in [5, 5.41) is 0. The van der Waals surface area contributed by atoms with Gasteiger partial charge in [0.05, 0.1) is 7.11 Å². The van der Waals surface area contributed by atoms with Gasteiger partial charge in [0.25, 0.3) is 0 Å². The first-order chi connectivity index (χ1) is 10.3. The fourth-order valence-electron chi connectivity index (χ4n) is 2.54. The van der Waals surface area contributed by atoms with Gasteiger partial charge in [-0.05, 0) is 43.5 Å². The van der Waals surface area contributed by atoms with Crippen molar-refractivity contribution >= 4 is 17.6 Å². The first-order valence-electron chi connectivity index (χ1n) is 7.25. The lowest BCUT2D eigenvalue weighted by Gasteiger charge is -2.05. The minimum Gasteiger partial charge on any atom is -0.497 e. The van der Waals surface area contributed by atoms with Crippen LogP contribution < -0.4 is 4.74 Å². The molecule has 110 valence electrons. The van der Waals surface area contributed by atoms with Crippen molar-refractivity contribution in [3.05, 3.63) is 29.8 Å². The molecule has 0 amide bonds. The SMILES string of the molecule is COc1ccc(C2=N[C@H](C3=NCCCCC3)C(=O)O2)cc1. The van der Waals surface area contributed by atoms with Gasteiger partial charge in [0.15, 0.2) is 6.04 Å². The smallest absolute Gasteiger partial charge is 0.343 e. The van der Waals surface area contributed by atoms with Gasteiger partial charge in [-0.25, -0.2) is 9.79 Å². The topological polar surface area (TPSA) is 60.2 Å². The van der Waals surface area contributed by atoms with E-state index in [9.17, 15) is 4.79 Å². The molecule has 5 nitrogen and oxygen atoms in total. The third-order valence-electron chi connectivity index (χ3n) is 3.73. The number of esters is 1. The number of methoxy groups -OCH3 is 1. The summed E-state index contributed by atoms with van der Waals surface area (Å²) >= 11 is 0. The Morgan fingerprint density at radius 3 is 2.76 bits per heavy atom. The number of carbonyl (C=O) groups excluding carboxylic acids is 1. The van der Waals surface area contributed by atoms with Crippen molar-refractivity contribution in [1.82, 2.24) is 0 Å². The van der Waals surface area contributed by atoms with Crippen molar-refractivity contribution in [2.24, 2.45) is 9.98 Å². The number of benzene rings is 1. The van der Waals surface area contributed by atoms with Crippen LogP contribution in [0.5, 0.6) is 5.75 Å². The molecule has 21 heavy (non-hydrogen) atoms. The van der Waals surface area contributed by atoms with E-state index in [1.165, 1.54) is 0 Å². The summed E-state index contributed by atoms with van der Waals surface area (Å²) in [7, 11) is 1.61. The molecule has 0 aliphatic carbocycles. The zero-order valence-corrected chi connectivity index (χ0v) is 12.0. The highest BCUT2D eigenvalue weighted by Gasteiger charge is 2.33. The molecule has 0 fully saturated rings. The van der Waals surface area contributed by atoms with Crippen LogP contribution in [0.1, 0.15) is 31.2 Å². The Kier molecular flexibility index (Phi) is 3.99. The third-order valence-corrected chi connectivity index (χ3v) is 3.73. The number of carbonyl (C=O) groups is 1. The summed E-state index contributed by atoms with van der Waals surface area (Å²) in [4.78, 5) is 21.0. The lowest BCUT2D eigenvalue weighted by molar-refractivity contribution is -0.133. The second-order valence-electron chi connectivity index (χ2n) is 5.17. The molecule has 2 aliphatic rings. The normalized spacial score (nSPS) is 22.1. The van der Waals surface area contributed by atoms with Gasteiger partial charge >= 0.3 is 5.97 Å². The van der Waals surface area contributed by atoms with Crippen molar-refractivity contribution in [3.8, 4) is 5.75 Å². The highest BCUT2D eigenvalue weighted by molar-refractivity contribution is 6.16. The molecule has 1 aromatic rings. The summed E-state index contributed by atoms with van der Waals surface area (Å²) in [6.45, 7) is 0.784. The molecule has 2 heterocycles. The van der Waals surface area contributed by atoms with E-state index in [-0.39, 0.29) is 5.97 Å². The third kappa shape index (κ3) is 2.96. The van der Waals surface area contributed by atoms with Gasteiger partial charge in [0.2, 0.25) is 5.90 Å². The predicted molar refractivity (Wildman–Crippen MR) is 80.2 cm³/mol. The zero-order valence-electron chi connectivity index (χ0n) is 12.0. The molecule has 0 radical (unpaired) electrons. The molecular formula is C16H18N2O3. The van der Waals surface area contributed by atoms with E-state index in [1.54, 1.807) is 7.11 Å². The second kappa shape index (κ2) is 6.08. The zero-order chi connectivity index (χ0) is 14.7. The van der Waals surface area contributed by atoms with Crippen molar-refractivity contribution < 1.29 is 14.3 Å². The van der Waals surface area contributed by atoms with Crippen molar-refractivity contribution in [2.45, 2.75) is 31.7 Å². The number of aliphatic imine (C=N–C) groups is 2. The van der Waals surface area contributed by atoms with Crippen molar-refractivity contribution in [3.63, 3.8) is 0 Å². The summed E-state index contributed by atoms with van der Waals surface area (Å²) in [6.07, 6.45) is 4.14. The highest BCUT2D eigenvalue weighted by Crippen LogP contribution is 2.20. The Labute approximate surface area is 123 Å². The Hall–Kier alpha value is -2.17. The number of hydrogen-bond acceptors (Lipinski definition) is 5. The average molecular weight is 286 g/mol. The first kappa shape index (κ1) is 13.8. The van der Waals surface area contributed by atoms with E-state index in [0.717, 1.165) is 49.3 Å². The van der Waals surface area contributed by atoms with E-state index >= 15 is 0 Å². The molecule has 3 rings (SSSR count). The minimum absolute atomic E-state index is 0.318. The lowest BCUT2D eigenvalue weighted by Crippen LogP contribution is -2.25. The maximum Gasteiger partial charge on any atom is 0.343 e. The van der Waals surface area contributed by atoms with E-state index < -0.39 is 6.04 Å². The molecule has 2 aliphatic heterocycles. The lowest BCUT2D eigenvalue weighted by atomic mass is 10.1. The van der Waals surface area contributed by atoms with Crippen LogP contribution in [0.4, 0.5) is 0 Å². The Balaban J connectivity index is 1.82. The van der Waals surface area contributed by atoms with Gasteiger partial charge in [-0.15, -0.1) is 0 Å². The summed E-state index contributed by atoms with van der Waals surface area (Å²) in [5.74, 6) is 0.814. The van der Waals surface area contributed by atoms with E-state index in [4.69, 9.17) is 9.47 Å². The van der Waals surface area contributed by atoms with Crippen LogP contribution in [-0.2, 0) is 9.53 Å². The van der Waals surface area contributed by atoms with Gasteiger partial charge in [0.1, 0.15) is 5.75 Å². The van der Waals surface area contributed by atoms with Crippen LogP contribution >= 0.6 is 0 Å². The van der Waals surface area contributed by atoms with Gasteiger partial charge < -0.3 is 9.47 Å². The fraction of sp³-hybridized carbons (Fsp3) is 0.438. The molecule has 0 bridgehead atoms. The maximum absolute atomic E-state index is 12.1. The van der Waals surface area contributed by atoms with Crippen molar-refractivity contribution in [2.75, 3.05) is 13.7 Å². The largest absolute Gasteiger partial charge is 0.497 e. The molecule has 0 saturated heterocycles. The van der Waals surface area contributed by atoms with Crippen LogP contribution in [0.15, 0.2) is 34.3 Å². The van der Waals surface area contributed by atoms with Crippen LogP contribution in [0.25, 0.3) is 0 Å². The molecule has 5 heteroatoms. The first-order valence-corrected chi connectivity index (χ1v) is 7.25. The summed E-state index contributed by atoms with van der Waals surface area (Å²) < 4.78 is 10.4. The summed E-state index contributed by atoms with van der Waals surface area (Å²) in [5.41, 5.74) is 1.64. The Bertz CT molecular complexity index is 590. The van der Waals surface area contributed by atoms with Crippen LogP contribution in [0.2, 0.25) is 0 Å². The Morgan fingerprint density at radius 2 is 2.00 bits per heavy atom. The van der Waals surface area contributed by atoms with Gasteiger partial charge in [0, 0.05) is 17.8 Å². The van der Waals surface area contributed by atoms with Crippen molar-refractivity contribution in [1.29, 1.82) is 0 Å². The molecule has 0 unspecified atom stereocenters. The van der Waals surface area contributed by atoms with Crippen LogP contribution in [0.3, 0.4) is 0 Å². The summed E-state index contributed by atoms with van der Waals surface area (Å²) in [6, 6.07) is 6.76. The molecule has 1 atom stereocenters. The van der Waals surface area contributed by atoms with Gasteiger partial charge in [-0.2, -0.15) is 0 Å². The second-order valence-corrected chi connectivity index (χ2v) is 5.17. The maximum atomic E-state index is 12.1. The minimum atomic E-state index is -0.555.